The summed E-state index contributed by atoms with van der Waals surface area (Å²) in [6.07, 6.45) is 2.40. The summed E-state index contributed by atoms with van der Waals surface area (Å²) in [4.78, 5) is 23.6. The first kappa shape index (κ1) is 16.2. The number of rotatable bonds is 5. The molecule has 2 amide bonds. The monoisotopic (exact) mass is 276 g/mol. The molecule has 0 spiro atoms. The van der Waals surface area contributed by atoms with E-state index in [-0.39, 0.29) is 11.8 Å². The van der Waals surface area contributed by atoms with Gasteiger partial charge < -0.3 is 10.6 Å². The molecule has 0 fully saturated rings. The lowest BCUT2D eigenvalue weighted by molar-refractivity contribution is -0.123. The summed E-state index contributed by atoms with van der Waals surface area (Å²) in [6, 6.07) is 7.21. The molecule has 1 aromatic carbocycles. The lowest BCUT2D eigenvalue weighted by Gasteiger charge is -2.18. The van der Waals surface area contributed by atoms with E-state index in [1.165, 1.54) is 0 Å². The third-order valence-corrected chi connectivity index (χ3v) is 2.84. The summed E-state index contributed by atoms with van der Waals surface area (Å²) in [6.45, 7) is 7.63. The Kier molecular flexibility index (Phi) is 5.74. The van der Waals surface area contributed by atoms with E-state index in [1.54, 1.807) is 6.07 Å². The zero-order valence-electron chi connectivity index (χ0n) is 12.7. The highest BCUT2D eigenvalue weighted by atomic mass is 16.2. The second-order valence-electron chi connectivity index (χ2n) is 5.94. The van der Waals surface area contributed by atoms with Crippen LogP contribution in [0.15, 0.2) is 24.3 Å². The quantitative estimate of drug-likeness (QED) is 0.859. The van der Waals surface area contributed by atoms with Crippen LogP contribution in [0.1, 0.15) is 47.0 Å². The molecule has 1 rings (SSSR count). The second-order valence-corrected chi connectivity index (χ2v) is 5.94. The molecule has 20 heavy (non-hydrogen) atoms. The Hall–Kier alpha value is -1.84. The molecule has 0 saturated heterocycles. The average Bonchev–Trinajstić information content (AvgIpc) is 2.35. The van der Waals surface area contributed by atoms with Gasteiger partial charge in [-0.25, -0.2) is 0 Å². The highest BCUT2D eigenvalue weighted by Gasteiger charge is 2.21. The third kappa shape index (κ3) is 5.43. The van der Waals surface area contributed by atoms with Gasteiger partial charge in [-0.1, -0.05) is 40.2 Å². The Morgan fingerprint density at radius 1 is 1.10 bits per heavy atom. The van der Waals surface area contributed by atoms with Crippen molar-refractivity contribution in [3.63, 3.8) is 0 Å². The van der Waals surface area contributed by atoms with Crippen molar-refractivity contribution in [3.05, 3.63) is 24.3 Å². The fraction of sp³-hybridized carbons (Fsp3) is 0.500. The Morgan fingerprint density at radius 3 is 2.25 bits per heavy atom. The number of hydrogen-bond donors (Lipinski definition) is 2. The first-order valence-electron chi connectivity index (χ1n) is 7.04. The van der Waals surface area contributed by atoms with Gasteiger partial charge in [0, 0.05) is 23.2 Å². The summed E-state index contributed by atoms with van der Waals surface area (Å²) in [5.41, 5.74) is 0.955. The molecule has 0 radical (unpaired) electrons. The summed E-state index contributed by atoms with van der Waals surface area (Å²) >= 11 is 0. The second kappa shape index (κ2) is 7.08. The third-order valence-electron chi connectivity index (χ3n) is 2.84. The Labute approximate surface area is 121 Å². The average molecular weight is 276 g/mol. The summed E-state index contributed by atoms with van der Waals surface area (Å²) in [7, 11) is 0. The zero-order valence-corrected chi connectivity index (χ0v) is 12.7. The number of nitrogens with one attached hydrogen (secondary N) is 2. The van der Waals surface area contributed by atoms with Gasteiger partial charge in [-0.05, 0) is 24.6 Å². The number of hydrogen-bond acceptors (Lipinski definition) is 2. The van der Waals surface area contributed by atoms with Crippen LogP contribution in [0.4, 0.5) is 11.4 Å². The van der Waals surface area contributed by atoms with E-state index in [4.69, 9.17) is 0 Å². The fourth-order valence-corrected chi connectivity index (χ4v) is 1.55. The Balaban J connectivity index is 2.66. The van der Waals surface area contributed by atoms with Gasteiger partial charge in [0.2, 0.25) is 11.8 Å². The van der Waals surface area contributed by atoms with Crippen molar-refractivity contribution >= 4 is 23.2 Å². The van der Waals surface area contributed by atoms with Gasteiger partial charge >= 0.3 is 0 Å². The lowest BCUT2D eigenvalue weighted by atomic mass is 9.95. The predicted molar refractivity (Wildman–Crippen MR) is 82.7 cm³/mol. The van der Waals surface area contributed by atoms with Gasteiger partial charge in [-0.15, -0.1) is 0 Å². The van der Waals surface area contributed by atoms with Gasteiger partial charge in [-0.3, -0.25) is 9.59 Å². The number of unbranched alkanes of at least 4 members (excludes halogenated alkanes) is 1. The maximum Gasteiger partial charge on any atom is 0.229 e. The first-order valence-corrected chi connectivity index (χ1v) is 7.04. The summed E-state index contributed by atoms with van der Waals surface area (Å²) < 4.78 is 0. The van der Waals surface area contributed by atoms with Gasteiger partial charge in [0.1, 0.15) is 0 Å². The Morgan fingerprint density at radius 2 is 1.70 bits per heavy atom. The van der Waals surface area contributed by atoms with Gasteiger partial charge in [0.25, 0.3) is 0 Å². The normalized spacial score (nSPS) is 11.0. The van der Waals surface area contributed by atoms with E-state index in [0.717, 1.165) is 12.8 Å². The molecular weight excluding hydrogens is 252 g/mol. The Bertz CT molecular complexity index is 476. The molecule has 0 heterocycles. The number of benzene rings is 1. The smallest absolute Gasteiger partial charge is 0.229 e. The van der Waals surface area contributed by atoms with Crippen LogP contribution in [0, 0.1) is 5.41 Å². The topological polar surface area (TPSA) is 58.2 Å². The molecule has 0 saturated carbocycles. The molecule has 0 atom stereocenters. The summed E-state index contributed by atoms with van der Waals surface area (Å²) in [5.74, 6) is -0.0434. The maximum atomic E-state index is 11.9. The van der Waals surface area contributed by atoms with E-state index >= 15 is 0 Å². The number of carbonyl (C=O) groups excluding carboxylic acids is 2. The van der Waals surface area contributed by atoms with Gasteiger partial charge in [-0.2, -0.15) is 0 Å². The molecule has 0 aliphatic carbocycles. The van der Waals surface area contributed by atoms with Crippen molar-refractivity contribution in [1.82, 2.24) is 0 Å². The highest BCUT2D eigenvalue weighted by Crippen LogP contribution is 2.20. The van der Waals surface area contributed by atoms with Crippen LogP contribution in [0.3, 0.4) is 0 Å². The molecule has 0 bridgehead atoms. The molecular formula is C16H24N2O2. The van der Waals surface area contributed by atoms with Gasteiger partial charge in [0.05, 0.1) is 0 Å². The molecule has 2 N–H and O–H groups in total. The maximum absolute atomic E-state index is 11.9. The predicted octanol–water partition coefficient (Wildman–Crippen LogP) is 3.80. The molecule has 0 unspecified atom stereocenters. The van der Waals surface area contributed by atoms with E-state index in [0.29, 0.717) is 17.8 Å². The number of anilines is 2. The van der Waals surface area contributed by atoms with Crippen LogP contribution in [0.2, 0.25) is 0 Å². The molecule has 1 aromatic rings. The minimum atomic E-state index is -0.444. The van der Waals surface area contributed by atoms with Crippen molar-refractivity contribution in [3.8, 4) is 0 Å². The number of amides is 2. The molecule has 0 aliphatic heterocycles. The van der Waals surface area contributed by atoms with Crippen molar-refractivity contribution in [2.75, 3.05) is 10.6 Å². The van der Waals surface area contributed by atoms with E-state index < -0.39 is 5.41 Å². The first-order chi connectivity index (χ1) is 9.32. The van der Waals surface area contributed by atoms with Gasteiger partial charge in [0.15, 0.2) is 0 Å². The molecule has 4 nitrogen and oxygen atoms in total. The van der Waals surface area contributed by atoms with Crippen molar-refractivity contribution in [1.29, 1.82) is 0 Å². The molecule has 0 aliphatic rings. The van der Waals surface area contributed by atoms with E-state index in [9.17, 15) is 9.59 Å². The van der Waals surface area contributed by atoms with Crippen LogP contribution < -0.4 is 10.6 Å². The largest absolute Gasteiger partial charge is 0.326 e. The van der Waals surface area contributed by atoms with Crippen LogP contribution in [0.25, 0.3) is 0 Å². The van der Waals surface area contributed by atoms with Crippen LogP contribution in [-0.2, 0) is 9.59 Å². The lowest BCUT2D eigenvalue weighted by Crippen LogP contribution is -2.27. The van der Waals surface area contributed by atoms with E-state index in [1.807, 2.05) is 39.0 Å². The highest BCUT2D eigenvalue weighted by molar-refractivity contribution is 5.96. The van der Waals surface area contributed by atoms with E-state index in [2.05, 4.69) is 17.6 Å². The van der Waals surface area contributed by atoms with Crippen LogP contribution >= 0.6 is 0 Å². The zero-order chi connectivity index (χ0) is 15.2. The van der Waals surface area contributed by atoms with Crippen LogP contribution in [0.5, 0.6) is 0 Å². The minimum absolute atomic E-state index is 0.00569. The van der Waals surface area contributed by atoms with Crippen LogP contribution in [-0.4, -0.2) is 11.8 Å². The van der Waals surface area contributed by atoms with Crippen molar-refractivity contribution in [2.45, 2.75) is 47.0 Å². The molecule has 4 heteroatoms. The molecule has 110 valence electrons. The molecule has 0 aromatic heterocycles. The van der Waals surface area contributed by atoms with Crippen molar-refractivity contribution < 1.29 is 9.59 Å². The van der Waals surface area contributed by atoms with Crippen molar-refractivity contribution in [2.24, 2.45) is 5.41 Å². The number of carbonyl (C=O) groups is 2. The fourth-order valence-electron chi connectivity index (χ4n) is 1.55. The summed E-state index contributed by atoms with van der Waals surface area (Å²) in [5, 5.41) is 5.69. The standard InChI is InChI=1S/C16H24N2O2/c1-5-6-10-14(19)17-12-8-7-9-13(11-12)18-15(20)16(2,3)4/h7-9,11H,5-6,10H2,1-4H3,(H,17,19)(H,18,20). The minimum Gasteiger partial charge on any atom is -0.326 e. The SMILES string of the molecule is CCCCC(=O)Nc1cccc(NC(=O)C(C)(C)C)c1.